The van der Waals surface area contributed by atoms with Crippen LogP contribution in [0.3, 0.4) is 0 Å². The second-order valence-corrected chi connectivity index (χ2v) is 5.87. The molecule has 0 saturated heterocycles. The molecule has 1 atom stereocenters. The highest BCUT2D eigenvalue weighted by Crippen LogP contribution is 2.34. The summed E-state index contributed by atoms with van der Waals surface area (Å²) in [6.07, 6.45) is -3.41. The summed E-state index contributed by atoms with van der Waals surface area (Å²) in [4.78, 5) is 14.2. The van der Waals surface area contributed by atoms with Crippen LogP contribution in [0, 0.1) is 5.82 Å². The molecule has 0 aliphatic carbocycles. The van der Waals surface area contributed by atoms with Crippen molar-refractivity contribution in [2.24, 2.45) is 7.05 Å². The lowest BCUT2D eigenvalue weighted by Gasteiger charge is -2.35. The minimum Gasteiger partial charge on any atom is -0.304 e. The molecule has 128 valence electrons. The van der Waals surface area contributed by atoms with Crippen molar-refractivity contribution in [2.75, 3.05) is 4.90 Å². The summed E-state index contributed by atoms with van der Waals surface area (Å²) in [7, 11) is 1.29. The van der Waals surface area contributed by atoms with Crippen LogP contribution in [0.1, 0.15) is 35.1 Å². The van der Waals surface area contributed by atoms with Crippen molar-refractivity contribution < 1.29 is 22.4 Å². The molecule has 8 heteroatoms. The Morgan fingerprint density at radius 1 is 1.29 bits per heavy atom. The molecule has 1 aromatic heterocycles. The number of alkyl halides is 3. The topological polar surface area (TPSA) is 38.1 Å². The van der Waals surface area contributed by atoms with Crippen molar-refractivity contribution in [3.05, 3.63) is 47.0 Å². The van der Waals surface area contributed by atoms with E-state index in [-0.39, 0.29) is 11.7 Å². The molecule has 0 spiro atoms. The van der Waals surface area contributed by atoms with Crippen molar-refractivity contribution in [3.8, 4) is 0 Å². The zero-order valence-corrected chi connectivity index (χ0v) is 13.1. The molecule has 3 rings (SSSR count). The number of hydrogen-bond donors (Lipinski definition) is 0. The van der Waals surface area contributed by atoms with E-state index in [0.29, 0.717) is 24.1 Å². The number of fused-ring (bicyclic) bond motifs is 1. The molecular formula is C16H15F4N3O. The number of rotatable bonds is 1. The summed E-state index contributed by atoms with van der Waals surface area (Å²) in [5, 5.41) is 3.38. The summed E-state index contributed by atoms with van der Waals surface area (Å²) < 4.78 is 52.7. The van der Waals surface area contributed by atoms with Gasteiger partial charge in [-0.15, -0.1) is 0 Å². The third-order valence-corrected chi connectivity index (χ3v) is 4.18. The predicted octanol–water partition coefficient (Wildman–Crippen LogP) is 3.56. The first-order valence-corrected chi connectivity index (χ1v) is 7.41. The molecular weight excluding hydrogens is 326 g/mol. The molecule has 4 nitrogen and oxygen atoms in total. The van der Waals surface area contributed by atoms with Gasteiger partial charge in [0.1, 0.15) is 11.5 Å². The Morgan fingerprint density at radius 2 is 2.00 bits per heavy atom. The molecule has 1 aliphatic heterocycles. The van der Waals surface area contributed by atoms with Crippen LogP contribution in [0.4, 0.5) is 23.2 Å². The van der Waals surface area contributed by atoms with Gasteiger partial charge in [0.05, 0.1) is 0 Å². The normalized spacial score (nSPS) is 17.8. The second kappa shape index (κ2) is 5.61. The summed E-state index contributed by atoms with van der Waals surface area (Å²) >= 11 is 0. The van der Waals surface area contributed by atoms with Crippen molar-refractivity contribution in [1.29, 1.82) is 0 Å². The summed E-state index contributed by atoms with van der Waals surface area (Å²) in [6.45, 7) is 1.81. The SMILES string of the molecule is C[C@@H]1CCc2cc(F)ccc2N1C(=O)c1cc(C(F)(F)F)nn1C. The van der Waals surface area contributed by atoms with Gasteiger partial charge in [-0.3, -0.25) is 9.48 Å². The van der Waals surface area contributed by atoms with E-state index in [1.54, 1.807) is 0 Å². The lowest BCUT2D eigenvalue weighted by molar-refractivity contribution is -0.141. The molecule has 0 saturated carbocycles. The van der Waals surface area contributed by atoms with Crippen molar-refractivity contribution in [3.63, 3.8) is 0 Å². The van der Waals surface area contributed by atoms with Gasteiger partial charge in [-0.05, 0) is 43.5 Å². The predicted molar refractivity (Wildman–Crippen MR) is 79.2 cm³/mol. The fraction of sp³-hybridized carbons (Fsp3) is 0.375. The van der Waals surface area contributed by atoms with Crippen molar-refractivity contribution in [2.45, 2.75) is 32.0 Å². The number of hydrogen-bond acceptors (Lipinski definition) is 2. The van der Waals surface area contributed by atoms with Gasteiger partial charge in [-0.1, -0.05) is 0 Å². The van der Waals surface area contributed by atoms with Crippen molar-refractivity contribution >= 4 is 11.6 Å². The smallest absolute Gasteiger partial charge is 0.304 e. The van der Waals surface area contributed by atoms with Crippen LogP contribution in [0.2, 0.25) is 0 Å². The quantitative estimate of drug-likeness (QED) is 0.744. The first-order valence-electron chi connectivity index (χ1n) is 7.41. The first-order chi connectivity index (χ1) is 11.2. The molecule has 1 aromatic carbocycles. The van der Waals surface area contributed by atoms with E-state index in [0.717, 1.165) is 10.7 Å². The Balaban J connectivity index is 2.03. The number of halogens is 4. The van der Waals surface area contributed by atoms with Crippen LogP contribution in [-0.4, -0.2) is 21.7 Å². The Labute approximate surface area is 135 Å². The minimum absolute atomic E-state index is 0.161. The third-order valence-electron chi connectivity index (χ3n) is 4.18. The molecule has 0 N–H and O–H groups in total. The van der Waals surface area contributed by atoms with Crippen LogP contribution in [0.5, 0.6) is 0 Å². The Bertz CT molecular complexity index is 797. The number of carbonyl (C=O) groups excluding carboxylic acids is 1. The van der Waals surface area contributed by atoms with E-state index < -0.39 is 23.6 Å². The highest BCUT2D eigenvalue weighted by atomic mass is 19.4. The fourth-order valence-electron chi connectivity index (χ4n) is 2.96. The van der Waals surface area contributed by atoms with Crippen LogP contribution < -0.4 is 4.90 Å². The molecule has 0 fully saturated rings. The van der Waals surface area contributed by atoms with Crippen molar-refractivity contribution in [1.82, 2.24) is 9.78 Å². The lowest BCUT2D eigenvalue weighted by atomic mass is 9.96. The van der Waals surface area contributed by atoms with E-state index in [1.165, 1.54) is 30.1 Å². The number of aromatic nitrogens is 2. The third kappa shape index (κ3) is 2.76. The highest BCUT2D eigenvalue weighted by Gasteiger charge is 2.37. The summed E-state index contributed by atoms with van der Waals surface area (Å²) in [6, 6.07) is 4.61. The van der Waals surface area contributed by atoms with Gasteiger partial charge in [0.2, 0.25) is 0 Å². The molecule has 1 aliphatic rings. The molecule has 0 unspecified atom stereocenters. The van der Waals surface area contributed by atoms with E-state index >= 15 is 0 Å². The Kier molecular flexibility index (Phi) is 3.85. The van der Waals surface area contributed by atoms with Crippen LogP contribution in [0.15, 0.2) is 24.3 Å². The highest BCUT2D eigenvalue weighted by molar-refractivity contribution is 6.06. The van der Waals surface area contributed by atoms with Crippen LogP contribution in [-0.2, 0) is 19.6 Å². The van der Waals surface area contributed by atoms with E-state index in [9.17, 15) is 22.4 Å². The average molecular weight is 341 g/mol. The summed E-state index contributed by atoms with van der Waals surface area (Å²) in [5.41, 5.74) is -0.0849. The lowest BCUT2D eigenvalue weighted by Crippen LogP contribution is -2.42. The Morgan fingerprint density at radius 3 is 2.62 bits per heavy atom. The fourth-order valence-corrected chi connectivity index (χ4v) is 2.96. The van der Waals surface area contributed by atoms with E-state index in [2.05, 4.69) is 5.10 Å². The second-order valence-electron chi connectivity index (χ2n) is 5.87. The molecule has 0 bridgehead atoms. The van der Waals surface area contributed by atoms with Gasteiger partial charge in [-0.25, -0.2) is 4.39 Å². The summed E-state index contributed by atoms with van der Waals surface area (Å²) in [5.74, 6) is -0.990. The first kappa shape index (κ1) is 16.5. The van der Waals surface area contributed by atoms with Gasteiger partial charge >= 0.3 is 6.18 Å². The molecule has 24 heavy (non-hydrogen) atoms. The van der Waals surface area contributed by atoms with Crippen LogP contribution in [0.25, 0.3) is 0 Å². The minimum atomic E-state index is -4.62. The largest absolute Gasteiger partial charge is 0.435 e. The number of carbonyl (C=O) groups is 1. The maximum absolute atomic E-state index is 13.4. The zero-order chi connectivity index (χ0) is 17.6. The zero-order valence-electron chi connectivity index (χ0n) is 13.1. The van der Waals surface area contributed by atoms with E-state index in [4.69, 9.17) is 0 Å². The van der Waals surface area contributed by atoms with Gasteiger partial charge in [-0.2, -0.15) is 18.3 Å². The molecule has 2 heterocycles. The Hall–Kier alpha value is -2.38. The van der Waals surface area contributed by atoms with Gasteiger partial charge < -0.3 is 4.90 Å². The molecule has 1 amide bonds. The maximum Gasteiger partial charge on any atom is 0.435 e. The standard InChI is InChI=1S/C16H15F4N3O/c1-9-3-4-10-7-11(17)5-6-12(10)23(9)15(24)13-8-14(16(18,19)20)21-22(13)2/h5-9H,3-4H2,1-2H3/t9-/m1/s1. The number of anilines is 1. The van der Waals surface area contributed by atoms with Gasteiger partial charge in [0.15, 0.2) is 5.69 Å². The number of amides is 1. The number of aryl methyl sites for hydroxylation is 2. The van der Waals surface area contributed by atoms with Crippen LogP contribution >= 0.6 is 0 Å². The number of nitrogens with zero attached hydrogens (tertiary/aromatic N) is 3. The maximum atomic E-state index is 13.4. The molecule has 0 radical (unpaired) electrons. The monoisotopic (exact) mass is 341 g/mol. The molecule has 2 aromatic rings. The van der Waals surface area contributed by atoms with Gasteiger partial charge in [0, 0.05) is 24.8 Å². The number of benzene rings is 1. The van der Waals surface area contributed by atoms with E-state index in [1.807, 2.05) is 6.92 Å². The van der Waals surface area contributed by atoms with Gasteiger partial charge in [0.25, 0.3) is 5.91 Å². The average Bonchev–Trinajstić information content (AvgIpc) is 2.89.